The summed E-state index contributed by atoms with van der Waals surface area (Å²) in [5, 5.41) is 7.52. The van der Waals surface area contributed by atoms with Crippen LogP contribution in [0.3, 0.4) is 0 Å². The third-order valence-corrected chi connectivity index (χ3v) is 7.13. The van der Waals surface area contributed by atoms with Crippen molar-refractivity contribution in [2.24, 2.45) is 11.5 Å². The molecule has 0 unspecified atom stereocenters. The van der Waals surface area contributed by atoms with Crippen LogP contribution in [0.25, 0.3) is 21.8 Å². The van der Waals surface area contributed by atoms with E-state index < -0.39 is 35.8 Å². The zero-order valence-electron chi connectivity index (χ0n) is 22.3. The topological polar surface area (TPSA) is 159 Å². The van der Waals surface area contributed by atoms with Crippen LogP contribution in [0.2, 0.25) is 0 Å². The second kappa shape index (κ2) is 13.2. The monoisotopic (exact) mass is 572 g/mol. The highest BCUT2D eigenvalue weighted by Crippen LogP contribution is 2.21. The van der Waals surface area contributed by atoms with E-state index in [0.717, 1.165) is 38.5 Å². The first-order valence-corrected chi connectivity index (χ1v) is 13.2. The van der Waals surface area contributed by atoms with Gasteiger partial charge in [-0.25, -0.2) is 0 Å². The maximum atomic E-state index is 13.6. The van der Waals surface area contributed by atoms with Gasteiger partial charge >= 0.3 is 0 Å². The van der Waals surface area contributed by atoms with Gasteiger partial charge in [-0.1, -0.05) is 66.7 Å². The van der Waals surface area contributed by atoms with Crippen molar-refractivity contribution >= 4 is 51.9 Å². The number of primary amides is 1. The zero-order valence-corrected chi connectivity index (χ0v) is 23.1. The number of hydrogen-bond acceptors (Lipinski definition) is 4. The van der Waals surface area contributed by atoms with Gasteiger partial charge < -0.3 is 32.1 Å². The summed E-state index contributed by atoms with van der Waals surface area (Å²) in [5.41, 5.74) is 16.5. The molecule has 0 aliphatic heterocycles. The molecular formula is C31H33ClN6O3. The van der Waals surface area contributed by atoms with Crippen molar-refractivity contribution in [2.45, 2.75) is 37.4 Å². The second-order valence-corrected chi connectivity index (χ2v) is 9.95. The van der Waals surface area contributed by atoms with Crippen molar-refractivity contribution in [1.82, 2.24) is 20.6 Å². The van der Waals surface area contributed by atoms with Crippen LogP contribution in [0.1, 0.15) is 16.7 Å². The van der Waals surface area contributed by atoms with E-state index in [-0.39, 0.29) is 31.7 Å². The van der Waals surface area contributed by atoms with E-state index >= 15 is 0 Å². The average Bonchev–Trinajstić information content (AvgIpc) is 3.57. The normalized spacial score (nSPS) is 13.2. The third-order valence-electron chi connectivity index (χ3n) is 7.13. The molecule has 5 rings (SSSR count). The van der Waals surface area contributed by atoms with E-state index in [1.165, 1.54) is 0 Å². The summed E-state index contributed by atoms with van der Waals surface area (Å²) in [7, 11) is 0. The molecule has 3 amide bonds. The number of fused-ring (bicyclic) bond motifs is 2. The molecule has 0 spiro atoms. The molecule has 5 aromatic rings. The van der Waals surface area contributed by atoms with Gasteiger partial charge in [-0.2, -0.15) is 0 Å². The molecule has 2 aromatic heterocycles. The quantitative estimate of drug-likeness (QED) is 0.144. The molecular weight excluding hydrogens is 540 g/mol. The molecule has 0 radical (unpaired) electrons. The van der Waals surface area contributed by atoms with E-state index in [2.05, 4.69) is 20.6 Å². The average molecular weight is 573 g/mol. The molecule has 212 valence electrons. The summed E-state index contributed by atoms with van der Waals surface area (Å²) >= 11 is 0. The lowest BCUT2D eigenvalue weighted by Gasteiger charge is -2.23. The highest BCUT2D eigenvalue weighted by molar-refractivity contribution is 5.94. The molecule has 8 N–H and O–H groups in total. The Kier molecular flexibility index (Phi) is 9.44. The maximum Gasteiger partial charge on any atom is 0.243 e. The van der Waals surface area contributed by atoms with Crippen LogP contribution in [0, 0.1) is 0 Å². The van der Waals surface area contributed by atoms with E-state index in [1.54, 1.807) is 0 Å². The van der Waals surface area contributed by atoms with E-state index in [0.29, 0.717) is 0 Å². The van der Waals surface area contributed by atoms with Gasteiger partial charge in [-0.05, 0) is 35.2 Å². The van der Waals surface area contributed by atoms with Crippen LogP contribution in [0.15, 0.2) is 91.3 Å². The van der Waals surface area contributed by atoms with E-state index in [1.807, 2.05) is 91.3 Å². The predicted molar refractivity (Wildman–Crippen MR) is 162 cm³/mol. The van der Waals surface area contributed by atoms with Crippen LogP contribution in [-0.4, -0.2) is 45.8 Å². The maximum absolute atomic E-state index is 13.6. The minimum absolute atomic E-state index is 0. The fourth-order valence-electron chi connectivity index (χ4n) is 4.98. The lowest BCUT2D eigenvalue weighted by molar-refractivity contribution is -0.131. The number of halogens is 1. The lowest BCUT2D eigenvalue weighted by Crippen LogP contribution is -2.56. The van der Waals surface area contributed by atoms with E-state index in [4.69, 9.17) is 11.5 Å². The number of aromatic nitrogens is 2. The molecule has 41 heavy (non-hydrogen) atoms. The lowest BCUT2D eigenvalue weighted by atomic mass is 10.0. The molecule has 10 heteroatoms. The molecule has 0 aliphatic carbocycles. The number of nitrogens with one attached hydrogen (secondary N) is 4. The molecule has 3 atom stereocenters. The van der Waals surface area contributed by atoms with Crippen LogP contribution < -0.4 is 22.1 Å². The van der Waals surface area contributed by atoms with Crippen molar-refractivity contribution in [1.29, 1.82) is 0 Å². The summed E-state index contributed by atoms with van der Waals surface area (Å²) in [6, 6.07) is 22.0. The third kappa shape index (κ3) is 6.95. The van der Waals surface area contributed by atoms with Crippen molar-refractivity contribution in [2.75, 3.05) is 0 Å². The molecule has 9 nitrogen and oxygen atoms in total. The zero-order chi connectivity index (χ0) is 28.1. The Morgan fingerprint density at radius 1 is 0.659 bits per heavy atom. The van der Waals surface area contributed by atoms with Gasteiger partial charge in [0.05, 0.1) is 6.04 Å². The van der Waals surface area contributed by atoms with Gasteiger partial charge in [0.1, 0.15) is 12.1 Å². The summed E-state index contributed by atoms with van der Waals surface area (Å²) in [4.78, 5) is 45.5. The number of para-hydroxylation sites is 2. The van der Waals surface area contributed by atoms with Gasteiger partial charge in [0.2, 0.25) is 17.7 Å². The summed E-state index contributed by atoms with van der Waals surface area (Å²) in [5.74, 6) is -1.65. The van der Waals surface area contributed by atoms with Crippen LogP contribution in [-0.2, 0) is 33.6 Å². The van der Waals surface area contributed by atoms with Crippen molar-refractivity contribution in [3.8, 4) is 0 Å². The first-order chi connectivity index (χ1) is 19.4. The van der Waals surface area contributed by atoms with Gasteiger partial charge in [0.25, 0.3) is 0 Å². The number of hydrogen-bond donors (Lipinski definition) is 6. The number of H-pyrrole nitrogens is 2. The Balaban J connectivity index is 0.00000387. The minimum atomic E-state index is -0.988. The second-order valence-electron chi connectivity index (χ2n) is 9.95. The number of amides is 3. The molecule has 3 aromatic carbocycles. The molecule has 0 bridgehead atoms. The van der Waals surface area contributed by atoms with Crippen LogP contribution in [0.5, 0.6) is 0 Å². The number of carbonyl (C=O) groups is 3. The molecule has 0 aliphatic rings. The number of rotatable bonds is 11. The first-order valence-electron chi connectivity index (χ1n) is 13.2. The van der Waals surface area contributed by atoms with Crippen molar-refractivity contribution in [3.63, 3.8) is 0 Å². The van der Waals surface area contributed by atoms with Gasteiger partial charge in [0, 0.05) is 47.0 Å². The van der Waals surface area contributed by atoms with E-state index in [9.17, 15) is 14.4 Å². The van der Waals surface area contributed by atoms with Crippen molar-refractivity contribution in [3.05, 3.63) is 108 Å². The SMILES string of the molecule is Cl.NC(=O)[C@H](Cc1ccccc1)NC(=O)[C@@H](Cc1c[nH]c2ccccc12)NC(=O)[C@H](N)Cc1c[nH]c2ccccc12. The Hall–Kier alpha value is -4.60. The fourth-order valence-corrected chi connectivity index (χ4v) is 4.98. The van der Waals surface area contributed by atoms with Crippen molar-refractivity contribution < 1.29 is 14.4 Å². The standard InChI is InChI=1S/C31H32N6O3.ClH/c32-24(15-20-17-34-25-12-6-4-10-22(20)25)30(39)37-28(16-21-18-35-26-13-7-5-11-23(21)26)31(40)36-27(29(33)38)14-19-8-2-1-3-9-19;/h1-13,17-18,24,27-28,34-35H,14-16,32H2,(H2,33,38)(H,36,40)(H,37,39);1H/t24-,27+,28-;/m1./s1. The first kappa shape index (κ1) is 29.4. The number of benzene rings is 3. The summed E-state index contributed by atoms with van der Waals surface area (Å²) < 4.78 is 0. The molecule has 0 fully saturated rings. The number of aromatic amines is 2. The summed E-state index contributed by atoms with van der Waals surface area (Å²) in [6.07, 6.45) is 4.37. The largest absolute Gasteiger partial charge is 0.368 e. The number of carbonyl (C=O) groups excluding carboxylic acids is 3. The predicted octanol–water partition coefficient (Wildman–Crippen LogP) is 2.88. The Morgan fingerprint density at radius 2 is 1.17 bits per heavy atom. The van der Waals surface area contributed by atoms with Gasteiger partial charge in [0.15, 0.2) is 0 Å². The molecule has 2 heterocycles. The Bertz CT molecular complexity index is 1650. The van der Waals surface area contributed by atoms with Crippen LogP contribution >= 0.6 is 12.4 Å². The van der Waals surface area contributed by atoms with Gasteiger partial charge in [-0.3, -0.25) is 14.4 Å². The molecule has 0 saturated heterocycles. The fraction of sp³-hybridized carbons (Fsp3) is 0.194. The summed E-state index contributed by atoms with van der Waals surface area (Å²) in [6.45, 7) is 0. The smallest absolute Gasteiger partial charge is 0.243 e. The molecule has 0 saturated carbocycles. The minimum Gasteiger partial charge on any atom is -0.368 e. The highest BCUT2D eigenvalue weighted by Gasteiger charge is 2.29. The Morgan fingerprint density at radius 3 is 1.76 bits per heavy atom. The number of nitrogens with two attached hydrogens (primary N) is 2. The highest BCUT2D eigenvalue weighted by atomic mass is 35.5. The van der Waals surface area contributed by atoms with Gasteiger partial charge in [-0.15, -0.1) is 12.4 Å². The van der Waals surface area contributed by atoms with Crippen LogP contribution in [0.4, 0.5) is 0 Å². The Labute approximate surface area is 243 Å².